The number of carbonyl (C=O) groups is 2. The van der Waals surface area contributed by atoms with Crippen LogP contribution in [0.25, 0.3) is 0 Å². The van der Waals surface area contributed by atoms with E-state index < -0.39 is 0 Å². The Morgan fingerprint density at radius 3 is 2.54 bits per heavy atom. The first-order valence-corrected chi connectivity index (χ1v) is 8.98. The Morgan fingerprint density at radius 2 is 1.85 bits per heavy atom. The van der Waals surface area contributed by atoms with E-state index in [9.17, 15) is 9.59 Å². The van der Waals surface area contributed by atoms with Crippen molar-refractivity contribution in [2.24, 2.45) is 0 Å². The van der Waals surface area contributed by atoms with Gasteiger partial charge >= 0.3 is 0 Å². The second-order valence-corrected chi connectivity index (χ2v) is 6.59. The lowest BCUT2D eigenvalue weighted by atomic mass is 10.1. The van der Waals surface area contributed by atoms with Gasteiger partial charge in [-0.05, 0) is 30.8 Å². The van der Waals surface area contributed by atoms with Crippen molar-refractivity contribution < 1.29 is 9.59 Å². The third-order valence-electron chi connectivity index (χ3n) is 4.44. The number of benzene rings is 1. The first-order chi connectivity index (χ1) is 12.6. The fraction of sp³-hybridized carbons (Fsp3) is 0.316. The number of nitrogens with one attached hydrogen (secondary N) is 1. The number of aromatic nitrogens is 1. The number of hydrogen-bond acceptors (Lipinski definition) is 4. The van der Waals surface area contributed by atoms with Gasteiger partial charge in [-0.3, -0.25) is 14.6 Å². The van der Waals surface area contributed by atoms with E-state index in [1.165, 1.54) is 12.4 Å². The maximum absolute atomic E-state index is 12.7. The molecule has 0 saturated carbocycles. The highest BCUT2D eigenvalue weighted by Gasteiger charge is 2.22. The Balaban J connectivity index is 1.69. The van der Waals surface area contributed by atoms with E-state index in [-0.39, 0.29) is 11.8 Å². The van der Waals surface area contributed by atoms with Crippen molar-refractivity contribution in [1.82, 2.24) is 14.8 Å². The van der Waals surface area contributed by atoms with Crippen LogP contribution in [0.3, 0.4) is 0 Å². The first kappa shape index (κ1) is 18.4. The highest BCUT2D eigenvalue weighted by atomic mass is 35.5. The minimum atomic E-state index is -0.329. The summed E-state index contributed by atoms with van der Waals surface area (Å²) < 4.78 is 0. The number of likely N-dealkylation sites (N-methyl/N-ethyl adjacent to an activating group) is 1. The van der Waals surface area contributed by atoms with Crippen LogP contribution in [0.15, 0.2) is 42.7 Å². The van der Waals surface area contributed by atoms with Crippen molar-refractivity contribution in [3.05, 3.63) is 58.9 Å². The van der Waals surface area contributed by atoms with Crippen LogP contribution in [0, 0.1) is 0 Å². The number of amides is 2. The van der Waals surface area contributed by atoms with Crippen molar-refractivity contribution in [3.63, 3.8) is 0 Å². The van der Waals surface area contributed by atoms with Gasteiger partial charge in [0.25, 0.3) is 11.8 Å². The normalized spacial score (nSPS) is 14.9. The average Bonchev–Trinajstić information content (AvgIpc) is 2.67. The summed E-state index contributed by atoms with van der Waals surface area (Å²) in [5.41, 5.74) is 1.35. The summed E-state index contributed by atoms with van der Waals surface area (Å²) in [5.74, 6) is -0.420. The topological polar surface area (TPSA) is 65.5 Å². The number of nitrogens with zero attached hydrogens (tertiary/aromatic N) is 3. The number of piperazine rings is 1. The highest BCUT2D eigenvalue weighted by molar-refractivity contribution is 6.31. The maximum Gasteiger partial charge on any atom is 0.257 e. The van der Waals surface area contributed by atoms with Crippen LogP contribution in [0.1, 0.15) is 27.6 Å². The van der Waals surface area contributed by atoms with Crippen LogP contribution in [-0.4, -0.2) is 59.3 Å². The zero-order chi connectivity index (χ0) is 18.5. The predicted molar refractivity (Wildman–Crippen MR) is 102 cm³/mol. The molecule has 2 heterocycles. The summed E-state index contributed by atoms with van der Waals surface area (Å²) in [6.45, 7) is 6.21. The lowest BCUT2D eigenvalue weighted by molar-refractivity contribution is 0.0643. The van der Waals surface area contributed by atoms with Gasteiger partial charge in [0, 0.05) is 49.3 Å². The van der Waals surface area contributed by atoms with Gasteiger partial charge in [0.15, 0.2) is 0 Å². The molecule has 2 amide bonds. The molecule has 1 aliphatic heterocycles. The summed E-state index contributed by atoms with van der Waals surface area (Å²) in [6.07, 6.45) is 2.95. The van der Waals surface area contributed by atoms with Crippen molar-refractivity contribution in [3.8, 4) is 0 Å². The highest BCUT2D eigenvalue weighted by Crippen LogP contribution is 2.16. The monoisotopic (exact) mass is 372 g/mol. The summed E-state index contributed by atoms with van der Waals surface area (Å²) in [6, 6.07) is 8.48. The van der Waals surface area contributed by atoms with Gasteiger partial charge in [-0.1, -0.05) is 24.6 Å². The average molecular weight is 373 g/mol. The maximum atomic E-state index is 12.7. The number of rotatable bonds is 4. The predicted octanol–water partition coefficient (Wildman–Crippen LogP) is 2.77. The summed E-state index contributed by atoms with van der Waals surface area (Å²) in [5, 5.41) is 3.30. The Hall–Kier alpha value is -2.44. The van der Waals surface area contributed by atoms with Crippen LogP contribution in [-0.2, 0) is 0 Å². The molecular formula is C19H21ClN4O2. The quantitative estimate of drug-likeness (QED) is 0.896. The van der Waals surface area contributed by atoms with E-state index in [2.05, 4.69) is 22.1 Å². The van der Waals surface area contributed by atoms with Crippen molar-refractivity contribution in [2.45, 2.75) is 6.92 Å². The molecule has 0 radical (unpaired) electrons. The fourth-order valence-corrected chi connectivity index (χ4v) is 3.09. The number of carbonyl (C=O) groups excluding carboxylic acids is 2. The lowest BCUT2D eigenvalue weighted by Crippen LogP contribution is -2.48. The minimum Gasteiger partial charge on any atom is -0.336 e. The van der Waals surface area contributed by atoms with E-state index in [1.54, 1.807) is 30.3 Å². The van der Waals surface area contributed by atoms with Gasteiger partial charge in [-0.15, -0.1) is 0 Å². The molecule has 2 aromatic rings. The molecule has 0 bridgehead atoms. The SMILES string of the molecule is CCN1CCN(C(=O)c2cncc(C(=O)Nc3cccc(Cl)c3)c2)CC1. The van der Waals surface area contributed by atoms with E-state index in [1.807, 2.05) is 4.90 Å². The van der Waals surface area contributed by atoms with Crippen molar-refractivity contribution >= 4 is 29.1 Å². The number of hydrogen-bond donors (Lipinski definition) is 1. The van der Waals surface area contributed by atoms with Crippen molar-refractivity contribution in [1.29, 1.82) is 0 Å². The molecule has 1 aromatic heterocycles. The summed E-state index contributed by atoms with van der Waals surface area (Å²) in [7, 11) is 0. The zero-order valence-electron chi connectivity index (χ0n) is 14.6. The number of halogens is 1. The van der Waals surface area contributed by atoms with Gasteiger partial charge in [-0.2, -0.15) is 0 Å². The zero-order valence-corrected chi connectivity index (χ0v) is 15.4. The number of pyridine rings is 1. The number of anilines is 1. The van der Waals surface area contributed by atoms with E-state index in [0.29, 0.717) is 34.9 Å². The van der Waals surface area contributed by atoms with Crippen LogP contribution in [0.4, 0.5) is 5.69 Å². The first-order valence-electron chi connectivity index (χ1n) is 8.60. The van der Waals surface area contributed by atoms with Gasteiger partial charge in [-0.25, -0.2) is 0 Å². The van der Waals surface area contributed by atoms with Gasteiger partial charge in [0.2, 0.25) is 0 Å². The fourth-order valence-electron chi connectivity index (χ4n) is 2.90. The Labute approximate surface area is 157 Å². The van der Waals surface area contributed by atoms with Gasteiger partial charge < -0.3 is 15.1 Å². The third kappa shape index (κ3) is 4.39. The van der Waals surface area contributed by atoms with Crippen LogP contribution in [0.2, 0.25) is 5.02 Å². The molecule has 0 atom stereocenters. The van der Waals surface area contributed by atoms with Crippen LogP contribution >= 0.6 is 11.6 Å². The lowest BCUT2D eigenvalue weighted by Gasteiger charge is -2.34. The molecule has 0 unspecified atom stereocenters. The van der Waals surface area contributed by atoms with E-state index >= 15 is 0 Å². The smallest absolute Gasteiger partial charge is 0.257 e. The second kappa shape index (κ2) is 8.29. The molecule has 3 rings (SSSR count). The molecule has 136 valence electrons. The molecule has 7 heteroatoms. The molecular weight excluding hydrogens is 352 g/mol. The molecule has 1 aromatic carbocycles. The van der Waals surface area contributed by atoms with Gasteiger partial charge in [0.1, 0.15) is 0 Å². The summed E-state index contributed by atoms with van der Waals surface area (Å²) >= 11 is 5.93. The minimum absolute atomic E-state index is 0.0920. The molecule has 26 heavy (non-hydrogen) atoms. The molecule has 1 saturated heterocycles. The Kier molecular flexibility index (Phi) is 5.85. The molecule has 0 spiro atoms. The molecule has 1 aliphatic rings. The Bertz CT molecular complexity index is 804. The third-order valence-corrected chi connectivity index (χ3v) is 4.67. The van der Waals surface area contributed by atoms with E-state index in [0.717, 1.165) is 19.6 Å². The van der Waals surface area contributed by atoms with Crippen molar-refractivity contribution in [2.75, 3.05) is 38.0 Å². The second-order valence-electron chi connectivity index (χ2n) is 6.15. The van der Waals surface area contributed by atoms with Gasteiger partial charge in [0.05, 0.1) is 11.1 Å². The van der Waals surface area contributed by atoms with E-state index in [4.69, 9.17) is 11.6 Å². The molecule has 1 N–H and O–H groups in total. The summed E-state index contributed by atoms with van der Waals surface area (Å²) in [4.78, 5) is 33.3. The van der Waals surface area contributed by atoms with Crippen LogP contribution in [0.5, 0.6) is 0 Å². The Morgan fingerprint density at radius 1 is 1.12 bits per heavy atom. The molecule has 1 fully saturated rings. The standard InChI is InChI=1S/C19H21ClN4O2/c1-2-23-6-8-24(9-7-23)19(26)15-10-14(12-21-13-15)18(25)22-17-5-3-4-16(20)11-17/h3-5,10-13H,2,6-9H2,1H3,(H,22,25). The molecule has 0 aliphatic carbocycles. The molecule has 6 nitrogen and oxygen atoms in total. The largest absolute Gasteiger partial charge is 0.336 e. The van der Waals surface area contributed by atoms with Crippen LogP contribution < -0.4 is 5.32 Å².